The molecule has 8 heterocycles. The van der Waals surface area contributed by atoms with Crippen molar-refractivity contribution in [2.24, 2.45) is 0 Å². The minimum absolute atomic E-state index is 0. The Hall–Kier alpha value is -5.89. The van der Waals surface area contributed by atoms with Crippen LogP contribution >= 0.6 is 11.6 Å². The maximum atomic E-state index is 15.3. The molecule has 2 aromatic carbocycles. The van der Waals surface area contributed by atoms with E-state index in [2.05, 4.69) is 44.1 Å². The summed E-state index contributed by atoms with van der Waals surface area (Å²) in [6.07, 6.45) is 11.2. The second kappa shape index (κ2) is 24.0. The molecule has 0 bridgehead atoms. The Morgan fingerprint density at radius 3 is 1.59 bits per heavy atom. The predicted octanol–water partition coefficient (Wildman–Crippen LogP) is 6.84. The number of aromatic nitrogens is 6. The van der Waals surface area contributed by atoms with Crippen molar-refractivity contribution in [3.63, 3.8) is 0 Å². The molecule has 0 amide bonds. The van der Waals surface area contributed by atoms with Crippen LogP contribution in [0.3, 0.4) is 0 Å². The van der Waals surface area contributed by atoms with Gasteiger partial charge in [0.25, 0.3) is 0 Å². The quantitative estimate of drug-likeness (QED) is 0.121. The van der Waals surface area contributed by atoms with Gasteiger partial charge in [0.05, 0.1) is 80.6 Å². The topological polar surface area (TPSA) is 220 Å². The Labute approximate surface area is 441 Å². The zero-order valence-corrected chi connectivity index (χ0v) is 44.0. The molecule has 0 spiro atoms. The van der Waals surface area contributed by atoms with Crippen LogP contribution in [0.2, 0.25) is 5.02 Å². The first-order chi connectivity index (χ1) is 35.5. The van der Waals surface area contributed by atoms with Gasteiger partial charge in [0, 0.05) is 73.1 Å². The number of methoxy groups -OCH3 is 2. The van der Waals surface area contributed by atoms with Crippen molar-refractivity contribution < 1.29 is 44.6 Å². The normalized spacial score (nSPS) is 17.3. The van der Waals surface area contributed by atoms with Gasteiger partial charge in [0.2, 0.25) is 43.7 Å². The van der Waals surface area contributed by atoms with E-state index < -0.39 is 25.9 Å². The van der Waals surface area contributed by atoms with Gasteiger partial charge in [-0.05, 0) is 93.8 Å². The number of rotatable bonds is 13. The van der Waals surface area contributed by atoms with Crippen molar-refractivity contribution in [3.05, 3.63) is 71.0 Å². The highest BCUT2D eigenvalue weighted by atomic mass is 35.5. The lowest BCUT2D eigenvalue weighted by Gasteiger charge is -2.40. The number of benzene rings is 2. The van der Waals surface area contributed by atoms with Crippen LogP contribution in [0.1, 0.15) is 45.1 Å². The van der Waals surface area contributed by atoms with E-state index >= 15 is 4.39 Å². The van der Waals surface area contributed by atoms with Crippen LogP contribution in [0.15, 0.2) is 48.8 Å². The summed E-state index contributed by atoms with van der Waals surface area (Å²) in [5.41, 5.74) is 3.97. The monoisotopic (exact) mass is 1100 g/mol. The summed E-state index contributed by atoms with van der Waals surface area (Å²) in [5, 5.41) is 1.07. The molecule has 10 rings (SSSR count). The van der Waals surface area contributed by atoms with Gasteiger partial charge in [-0.1, -0.05) is 25.4 Å². The lowest BCUT2D eigenvalue weighted by atomic mass is 9.99. The number of nitrogens with one attached hydrogen (secondary N) is 2. The van der Waals surface area contributed by atoms with Crippen molar-refractivity contribution in [3.8, 4) is 34.3 Å². The molecule has 4 aromatic heterocycles. The predicted molar refractivity (Wildman–Crippen MR) is 287 cm³/mol. The average Bonchev–Trinajstić information content (AvgIpc) is 3.39. The summed E-state index contributed by atoms with van der Waals surface area (Å²) >= 11 is 6.30. The first kappa shape index (κ1) is 55.3. The molecule has 20 nitrogen and oxygen atoms in total. The highest BCUT2D eigenvalue weighted by Crippen LogP contribution is 2.38. The van der Waals surface area contributed by atoms with Gasteiger partial charge < -0.3 is 33.6 Å². The number of fused-ring (bicyclic) bond motifs is 2. The van der Waals surface area contributed by atoms with E-state index in [0.717, 1.165) is 44.0 Å². The van der Waals surface area contributed by atoms with Crippen LogP contribution in [0, 0.1) is 11.6 Å². The van der Waals surface area contributed by atoms with Crippen LogP contribution in [0.4, 0.5) is 32.1 Å². The van der Waals surface area contributed by atoms with Crippen molar-refractivity contribution in [1.29, 1.82) is 0 Å². The van der Waals surface area contributed by atoms with E-state index in [1.54, 1.807) is 18.3 Å². The standard InChI is InChI=1S/C30H40FN7O4S.C19H19ClFN5O4S.CH4/c1-41-29-26(35-43(2,39)40)17-21(19-32-29)27-25-18-23(31)16-22(28(25)34-30(33-27)38-12-14-42-15-13-38)20-36-10-6-24(7-11-36)37-8-4-3-5-9-37;1-29-18-15(25-31(2,27)28)7-11(10-22-18)16-13-8-12(21)9-14(20)17(13)24-19(23-16)26-3-5-30-6-4-26;/h16-19,24,35H,3-15,20H2,1-2H3;7-10,25H,3-6H2,1-2H3;1H4. The van der Waals surface area contributed by atoms with Gasteiger partial charge >= 0.3 is 0 Å². The van der Waals surface area contributed by atoms with E-state index in [9.17, 15) is 21.2 Å². The maximum absolute atomic E-state index is 15.3. The summed E-state index contributed by atoms with van der Waals surface area (Å²) in [6, 6.07) is 9.28. The SMILES string of the molecule is C.COc1ncc(-c2nc(N3CCOCC3)nc3c(CN4CCC(N5CCCCC5)CC4)cc(F)cc23)cc1NS(C)(=O)=O.COc1ncc(-c2nc(N3CCOCC3)nc3c(Cl)cc(F)cc23)cc1NS(C)(=O)=O. The van der Waals surface area contributed by atoms with Gasteiger partial charge in [0.15, 0.2) is 0 Å². The molecule has 0 saturated carbocycles. The third kappa shape index (κ3) is 13.6. The molecule has 404 valence electrons. The van der Waals surface area contributed by atoms with Gasteiger partial charge in [-0.3, -0.25) is 14.3 Å². The van der Waals surface area contributed by atoms with E-state index in [-0.39, 0.29) is 41.4 Å². The maximum Gasteiger partial charge on any atom is 0.238 e. The number of likely N-dealkylation sites (tertiary alicyclic amines) is 2. The van der Waals surface area contributed by atoms with E-state index in [1.807, 2.05) is 4.90 Å². The van der Waals surface area contributed by atoms with Gasteiger partial charge in [-0.25, -0.2) is 55.5 Å². The van der Waals surface area contributed by atoms with Crippen LogP contribution in [0.25, 0.3) is 44.3 Å². The largest absolute Gasteiger partial charge is 0.480 e. The molecular formula is C50H63ClF2N12O8S2. The number of piperidine rings is 2. The zero-order valence-electron chi connectivity index (χ0n) is 41.6. The Balaban J connectivity index is 0.000000207. The number of ether oxygens (including phenoxy) is 4. The fraction of sp³-hybridized carbons (Fsp3) is 0.480. The van der Waals surface area contributed by atoms with Crippen LogP contribution in [0.5, 0.6) is 11.8 Å². The number of pyridine rings is 2. The van der Waals surface area contributed by atoms with Crippen LogP contribution in [-0.4, -0.2) is 168 Å². The minimum atomic E-state index is -3.61. The number of halogens is 3. The highest BCUT2D eigenvalue weighted by Gasteiger charge is 2.28. The summed E-state index contributed by atoms with van der Waals surface area (Å²) < 4.78 is 103. The van der Waals surface area contributed by atoms with Crippen molar-refractivity contribution in [1.82, 2.24) is 39.7 Å². The number of hydrogen-bond acceptors (Lipinski definition) is 18. The number of sulfonamides is 2. The highest BCUT2D eigenvalue weighted by molar-refractivity contribution is 7.92. The molecule has 4 aliphatic rings. The fourth-order valence-corrected chi connectivity index (χ4v) is 11.1. The molecule has 4 saturated heterocycles. The molecule has 25 heteroatoms. The van der Waals surface area contributed by atoms with Crippen molar-refractivity contribution >= 4 is 76.7 Å². The minimum Gasteiger partial charge on any atom is -0.480 e. The lowest BCUT2D eigenvalue weighted by molar-refractivity contribution is 0.0897. The Morgan fingerprint density at radius 2 is 1.11 bits per heavy atom. The summed E-state index contributed by atoms with van der Waals surface area (Å²) in [4.78, 5) is 36.7. The van der Waals surface area contributed by atoms with Crippen LogP contribution < -0.4 is 28.7 Å². The number of nitrogens with zero attached hydrogens (tertiary/aromatic N) is 10. The molecule has 0 atom stereocenters. The van der Waals surface area contributed by atoms with E-state index in [4.69, 9.17) is 40.5 Å². The molecule has 75 heavy (non-hydrogen) atoms. The molecule has 6 aromatic rings. The van der Waals surface area contributed by atoms with Gasteiger partial charge in [-0.2, -0.15) is 0 Å². The molecule has 0 radical (unpaired) electrons. The Kier molecular flexibility index (Phi) is 17.7. The average molecular weight is 1100 g/mol. The second-order valence-corrected chi connectivity index (χ2v) is 22.5. The summed E-state index contributed by atoms with van der Waals surface area (Å²) in [6.45, 7) is 9.51. The third-order valence-electron chi connectivity index (χ3n) is 13.2. The molecule has 0 unspecified atom stereocenters. The van der Waals surface area contributed by atoms with Crippen molar-refractivity contribution in [2.75, 3.05) is 125 Å². The smallest absolute Gasteiger partial charge is 0.238 e. The lowest BCUT2D eigenvalue weighted by Crippen LogP contribution is -2.46. The first-order valence-corrected chi connectivity index (χ1v) is 28.5. The molecule has 4 fully saturated rings. The zero-order chi connectivity index (χ0) is 52.1. The molecule has 0 aliphatic carbocycles. The first-order valence-electron chi connectivity index (χ1n) is 24.4. The van der Waals surface area contributed by atoms with Gasteiger partial charge in [-0.15, -0.1) is 0 Å². The summed E-state index contributed by atoms with van der Waals surface area (Å²) in [7, 11) is -4.41. The number of anilines is 4. The molecule has 2 N–H and O–H groups in total. The third-order valence-corrected chi connectivity index (χ3v) is 14.7. The molecule has 4 aliphatic heterocycles. The number of hydrogen-bond donors (Lipinski definition) is 2. The van der Waals surface area contributed by atoms with Crippen LogP contribution in [-0.2, 0) is 36.1 Å². The number of morpholine rings is 2. The van der Waals surface area contributed by atoms with E-state index in [1.165, 1.54) is 77.0 Å². The fourth-order valence-electron chi connectivity index (χ4n) is 9.77. The Morgan fingerprint density at radius 1 is 0.640 bits per heavy atom. The summed E-state index contributed by atoms with van der Waals surface area (Å²) in [5.74, 6) is 0.234. The molecular weight excluding hydrogens is 1030 g/mol. The Bertz CT molecular complexity index is 3230. The van der Waals surface area contributed by atoms with Gasteiger partial charge in [0.1, 0.15) is 23.0 Å². The van der Waals surface area contributed by atoms with Crippen molar-refractivity contribution in [2.45, 2.75) is 52.1 Å². The second-order valence-electron chi connectivity index (χ2n) is 18.6. The van der Waals surface area contributed by atoms with E-state index in [0.29, 0.717) is 121 Å².